The Bertz CT molecular complexity index is 1550. The molecular formula is C47H72N2O4. The van der Waals surface area contributed by atoms with Crippen LogP contribution in [-0.4, -0.2) is 48.8 Å². The SMILES string of the molecule is CCC(CCC1(C)C(C)CCC2(C)C1CCC1C3=C(C(C)C)CCC3(/C(=C/C=O)N(C)N(C)Cc3ccccc3)CC[C@]12C)OC(=O)CC(C)(C)C=O. The smallest absolute Gasteiger partial charge is 0.307 e. The number of carbonyl (C=O) groups excluding carboxylic acids is 3. The van der Waals surface area contributed by atoms with Gasteiger partial charge in [0.1, 0.15) is 18.7 Å². The highest BCUT2D eigenvalue weighted by molar-refractivity contribution is 5.75. The molecule has 53 heavy (non-hydrogen) atoms. The molecule has 7 unspecified atom stereocenters. The topological polar surface area (TPSA) is 66.9 Å². The number of benzene rings is 1. The Hall–Kier alpha value is -2.73. The lowest BCUT2D eigenvalue weighted by Gasteiger charge is -2.70. The van der Waals surface area contributed by atoms with Gasteiger partial charge in [0, 0.05) is 37.2 Å². The van der Waals surface area contributed by atoms with Crippen LogP contribution in [0.1, 0.15) is 145 Å². The van der Waals surface area contributed by atoms with Crippen LogP contribution in [0.2, 0.25) is 0 Å². The number of fused-ring (bicyclic) bond motifs is 5. The molecule has 6 heteroatoms. The van der Waals surface area contributed by atoms with Crippen molar-refractivity contribution in [1.29, 1.82) is 0 Å². The molecule has 0 N–H and O–H groups in total. The van der Waals surface area contributed by atoms with Crippen molar-refractivity contribution in [2.75, 3.05) is 14.1 Å². The van der Waals surface area contributed by atoms with E-state index < -0.39 is 5.41 Å². The molecule has 0 radical (unpaired) electrons. The predicted octanol–water partition coefficient (Wildman–Crippen LogP) is 10.8. The van der Waals surface area contributed by atoms with Gasteiger partial charge in [0.25, 0.3) is 0 Å². The van der Waals surface area contributed by atoms with Crippen molar-refractivity contribution >= 4 is 18.5 Å². The van der Waals surface area contributed by atoms with E-state index in [0.29, 0.717) is 23.7 Å². The Morgan fingerprint density at radius 2 is 1.68 bits per heavy atom. The average molecular weight is 729 g/mol. The van der Waals surface area contributed by atoms with Gasteiger partial charge in [0.05, 0.1) is 6.42 Å². The molecule has 3 saturated carbocycles. The second-order valence-electron chi connectivity index (χ2n) is 19.5. The third-order valence-electron chi connectivity index (χ3n) is 15.9. The predicted molar refractivity (Wildman–Crippen MR) is 215 cm³/mol. The zero-order valence-electron chi connectivity index (χ0n) is 35.2. The summed E-state index contributed by atoms with van der Waals surface area (Å²) in [4.78, 5) is 36.9. The van der Waals surface area contributed by atoms with Crippen molar-refractivity contribution in [1.82, 2.24) is 10.0 Å². The number of rotatable bonds is 15. The molecule has 4 aliphatic rings. The van der Waals surface area contributed by atoms with E-state index in [-0.39, 0.29) is 40.2 Å². The van der Waals surface area contributed by atoms with E-state index in [9.17, 15) is 14.4 Å². The number of allylic oxidation sites excluding steroid dienone is 3. The van der Waals surface area contributed by atoms with Crippen molar-refractivity contribution in [2.24, 2.45) is 50.7 Å². The number of esters is 1. The van der Waals surface area contributed by atoms with Crippen LogP contribution in [0, 0.1) is 50.7 Å². The largest absolute Gasteiger partial charge is 0.462 e. The molecule has 0 saturated heterocycles. The first kappa shape index (κ1) is 41.4. The number of ether oxygens (including phenoxy) is 1. The number of hydrazine groups is 1. The standard InChI is InChI=1S/C47H72N2O4/c1-12-36(53-41(52)30-43(5,6)32-51)21-24-44(7)34(4)20-25-46(9)39(44)19-18-38-42-37(33(2)3)22-26-47(42,28-27-45(38,46)8)40(23-29-50)49(11)48(10)31-35-16-14-13-15-17-35/h13-17,23,29,32-34,36,38-39H,12,18-22,24-28,30-31H2,1-11H3/b40-23-/t34?,36?,38?,39?,44?,45-,46?,47?/m1/s1. The van der Waals surface area contributed by atoms with Gasteiger partial charge >= 0.3 is 5.97 Å². The van der Waals surface area contributed by atoms with Gasteiger partial charge < -0.3 is 14.5 Å². The molecule has 0 aliphatic heterocycles. The second kappa shape index (κ2) is 15.8. The molecular weight excluding hydrogens is 657 g/mol. The minimum atomic E-state index is -0.700. The first-order valence-electron chi connectivity index (χ1n) is 21.0. The molecule has 5 rings (SSSR count). The molecule has 0 amide bonds. The maximum atomic E-state index is 12.9. The Labute approximate surface area is 322 Å². The first-order chi connectivity index (χ1) is 24.9. The number of nitrogens with zero attached hydrogens (tertiary/aromatic N) is 2. The lowest BCUT2D eigenvalue weighted by Crippen LogP contribution is -2.62. The van der Waals surface area contributed by atoms with Crippen LogP contribution in [-0.2, 0) is 25.7 Å². The zero-order valence-corrected chi connectivity index (χ0v) is 35.2. The normalized spacial score (nSPS) is 33.6. The fourth-order valence-corrected chi connectivity index (χ4v) is 12.3. The maximum Gasteiger partial charge on any atom is 0.307 e. The van der Waals surface area contributed by atoms with Crippen molar-refractivity contribution in [2.45, 2.75) is 152 Å². The summed E-state index contributed by atoms with van der Waals surface area (Å²) in [6, 6.07) is 10.6. The minimum Gasteiger partial charge on any atom is -0.462 e. The lowest BCUT2D eigenvalue weighted by atomic mass is 9.35. The molecule has 4 aliphatic carbocycles. The highest BCUT2D eigenvalue weighted by atomic mass is 16.5. The first-order valence-corrected chi connectivity index (χ1v) is 21.0. The van der Waals surface area contributed by atoms with E-state index in [2.05, 4.69) is 103 Å². The van der Waals surface area contributed by atoms with Crippen LogP contribution in [0.4, 0.5) is 0 Å². The van der Waals surface area contributed by atoms with E-state index in [1.807, 2.05) is 6.08 Å². The fraction of sp³-hybridized carbons (Fsp3) is 0.723. The van der Waals surface area contributed by atoms with Crippen LogP contribution in [0.5, 0.6) is 0 Å². The molecule has 1 aromatic rings. The monoisotopic (exact) mass is 729 g/mol. The van der Waals surface area contributed by atoms with Gasteiger partial charge in [-0.15, -0.1) is 0 Å². The number of hydrogen-bond acceptors (Lipinski definition) is 6. The highest BCUT2D eigenvalue weighted by Crippen LogP contribution is 2.76. The maximum absolute atomic E-state index is 12.9. The van der Waals surface area contributed by atoms with Gasteiger partial charge in [-0.05, 0) is 122 Å². The van der Waals surface area contributed by atoms with Crippen molar-refractivity contribution < 1.29 is 19.1 Å². The summed E-state index contributed by atoms with van der Waals surface area (Å²) in [5, 5.41) is 4.59. The highest BCUT2D eigenvalue weighted by Gasteiger charge is 2.67. The summed E-state index contributed by atoms with van der Waals surface area (Å²) in [7, 11) is 4.32. The molecule has 0 spiro atoms. The quantitative estimate of drug-likeness (QED) is 0.0589. The Morgan fingerprint density at radius 3 is 2.30 bits per heavy atom. The summed E-state index contributed by atoms with van der Waals surface area (Å²) in [5.41, 5.74) is 5.41. The van der Waals surface area contributed by atoms with Gasteiger partial charge in [-0.1, -0.05) is 104 Å². The van der Waals surface area contributed by atoms with E-state index in [1.54, 1.807) is 25.0 Å². The number of carbonyl (C=O) groups is 3. The molecule has 8 atom stereocenters. The third kappa shape index (κ3) is 7.49. The summed E-state index contributed by atoms with van der Waals surface area (Å²) in [5.74, 6) is 1.89. The summed E-state index contributed by atoms with van der Waals surface area (Å²) in [6.07, 6.45) is 15.8. The second-order valence-corrected chi connectivity index (χ2v) is 19.5. The molecule has 0 aromatic heterocycles. The van der Waals surface area contributed by atoms with Crippen molar-refractivity contribution in [3.63, 3.8) is 0 Å². The molecule has 0 heterocycles. The van der Waals surface area contributed by atoms with Gasteiger partial charge in [-0.2, -0.15) is 0 Å². The molecule has 0 bridgehead atoms. The van der Waals surface area contributed by atoms with Crippen molar-refractivity contribution in [3.8, 4) is 0 Å². The van der Waals surface area contributed by atoms with Crippen molar-refractivity contribution in [3.05, 3.63) is 58.8 Å². The van der Waals surface area contributed by atoms with Crippen LogP contribution >= 0.6 is 0 Å². The number of hydrogen-bond donors (Lipinski definition) is 0. The van der Waals surface area contributed by atoms with Gasteiger partial charge in [0.2, 0.25) is 0 Å². The van der Waals surface area contributed by atoms with E-state index in [0.717, 1.165) is 64.1 Å². The van der Waals surface area contributed by atoms with Crippen LogP contribution in [0.25, 0.3) is 0 Å². The number of aldehydes is 2. The minimum absolute atomic E-state index is 0.123. The van der Waals surface area contributed by atoms with Gasteiger partial charge in [-0.25, -0.2) is 5.01 Å². The van der Waals surface area contributed by atoms with Gasteiger partial charge in [0.15, 0.2) is 0 Å². The Kier molecular flexibility index (Phi) is 12.3. The lowest BCUT2D eigenvalue weighted by molar-refractivity contribution is -0.186. The summed E-state index contributed by atoms with van der Waals surface area (Å²) >= 11 is 0. The van der Waals surface area contributed by atoms with E-state index in [1.165, 1.54) is 36.9 Å². The Balaban J connectivity index is 1.45. The average Bonchev–Trinajstić information content (AvgIpc) is 3.52. The molecule has 1 aromatic carbocycles. The van der Waals surface area contributed by atoms with Gasteiger partial charge in [-0.3, -0.25) is 9.59 Å². The molecule has 3 fully saturated rings. The zero-order chi connectivity index (χ0) is 39.0. The summed E-state index contributed by atoms with van der Waals surface area (Å²) in [6.45, 7) is 21.6. The molecule has 294 valence electrons. The fourth-order valence-electron chi connectivity index (χ4n) is 12.3. The van der Waals surface area contributed by atoms with Crippen LogP contribution < -0.4 is 0 Å². The van der Waals surface area contributed by atoms with Crippen LogP contribution in [0.3, 0.4) is 0 Å². The van der Waals surface area contributed by atoms with E-state index >= 15 is 0 Å². The van der Waals surface area contributed by atoms with E-state index in [4.69, 9.17) is 4.74 Å². The van der Waals surface area contributed by atoms with Crippen LogP contribution in [0.15, 0.2) is 53.3 Å². The molecule has 6 nitrogen and oxygen atoms in total. The Morgan fingerprint density at radius 1 is 0.981 bits per heavy atom. The summed E-state index contributed by atoms with van der Waals surface area (Å²) < 4.78 is 6.04. The third-order valence-corrected chi connectivity index (χ3v) is 15.9.